The molecule has 1 amide bonds. The Morgan fingerprint density at radius 1 is 0.963 bits per heavy atom. The third kappa shape index (κ3) is 5.65. The predicted molar refractivity (Wildman–Crippen MR) is 106 cm³/mol. The molecule has 27 heavy (non-hydrogen) atoms. The molecule has 150 valence electrons. The Morgan fingerprint density at radius 2 is 1.70 bits per heavy atom. The third-order valence-electron chi connectivity index (χ3n) is 5.36. The fourth-order valence-electron chi connectivity index (χ4n) is 3.72. The highest BCUT2D eigenvalue weighted by Crippen LogP contribution is 2.16. The summed E-state index contributed by atoms with van der Waals surface area (Å²) in [5.41, 5.74) is 0. The number of nitrogens with zero attached hydrogens (tertiary/aromatic N) is 4. The Balaban J connectivity index is 1.35. The lowest BCUT2D eigenvalue weighted by Gasteiger charge is -2.35. The van der Waals surface area contributed by atoms with E-state index in [4.69, 9.17) is 0 Å². The van der Waals surface area contributed by atoms with E-state index in [-0.39, 0.29) is 11.7 Å². The summed E-state index contributed by atoms with van der Waals surface area (Å²) < 4.78 is 26.3. The molecule has 1 aromatic heterocycles. The van der Waals surface area contributed by atoms with Gasteiger partial charge >= 0.3 is 0 Å². The molecule has 1 aromatic rings. The number of sulfonamides is 1. The van der Waals surface area contributed by atoms with Crippen LogP contribution in [-0.4, -0.2) is 73.5 Å². The van der Waals surface area contributed by atoms with E-state index in [1.807, 2.05) is 23.1 Å². The van der Waals surface area contributed by atoms with Crippen molar-refractivity contribution in [3.63, 3.8) is 0 Å². The van der Waals surface area contributed by atoms with Gasteiger partial charge in [0, 0.05) is 51.9 Å². The first-order valence-corrected chi connectivity index (χ1v) is 11.6. The van der Waals surface area contributed by atoms with E-state index >= 15 is 0 Å². The lowest BCUT2D eigenvalue weighted by atomic mass is 10.2. The second kappa shape index (κ2) is 9.50. The normalized spacial score (nSPS) is 19.3. The van der Waals surface area contributed by atoms with Crippen LogP contribution in [0.15, 0.2) is 24.4 Å². The highest BCUT2D eigenvalue weighted by Gasteiger charge is 2.24. The van der Waals surface area contributed by atoms with E-state index in [0.717, 1.165) is 38.2 Å². The first-order valence-electron chi connectivity index (χ1n) is 9.98. The van der Waals surface area contributed by atoms with Crippen LogP contribution in [-0.2, 0) is 14.8 Å². The van der Waals surface area contributed by atoms with Gasteiger partial charge in [0.2, 0.25) is 15.9 Å². The molecule has 0 N–H and O–H groups in total. The fraction of sp³-hybridized carbons (Fsp3) is 0.684. The molecule has 0 saturated carbocycles. The highest BCUT2D eigenvalue weighted by atomic mass is 32.2. The van der Waals surface area contributed by atoms with Gasteiger partial charge in [-0.25, -0.2) is 17.7 Å². The Hall–Kier alpha value is -1.67. The number of pyridine rings is 1. The smallest absolute Gasteiger partial charge is 0.222 e. The second-order valence-corrected chi connectivity index (χ2v) is 9.38. The number of carbonyl (C=O) groups is 1. The van der Waals surface area contributed by atoms with Crippen molar-refractivity contribution in [1.29, 1.82) is 0 Å². The molecule has 8 heteroatoms. The lowest BCUT2D eigenvalue weighted by molar-refractivity contribution is -0.131. The molecule has 0 spiro atoms. The largest absolute Gasteiger partial charge is 0.353 e. The molecule has 2 aliphatic heterocycles. The van der Waals surface area contributed by atoms with Crippen molar-refractivity contribution in [2.75, 3.05) is 49.9 Å². The van der Waals surface area contributed by atoms with Crippen LogP contribution in [0.3, 0.4) is 0 Å². The number of amides is 1. The van der Waals surface area contributed by atoms with E-state index < -0.39 is 10.0 Å². The predicted octanol–water partition coefficient (Wildman–Crippen LogP) is 1.72. The van der Waals surface area contributed by atoms with Crippen molar-refractivity contribution in [2.24, 2.45) is 0 Å². The Morgan fingerprint density at radius 3 is 2.37 bits per heavy atom. The topological polar surface area (TPSA) is 73.8 Å². The molecule has 3 rings (SSSR count). The summed E-state index contributed by atoms with van der Waals surface area (Å²) in [6.07, 6.45) is 6.44. The number of unbranched alkanes of at least 4 members (excludes halogenated alkanes) is 1. The lowest BCUT2D eigenvalue weighted by Crippen LogP contribution is -2.49. The maximum Gasteiger partial charge on any atom is 0.222 e. The first kappa shape index (κ1) is 20.1. The highest BCUT2D eigenvalue weighted by molar-refractivity contribution is 7.89. The van der Waals surface area contributed by atoms with Gasteiger partial charge in [0.25, 0.3) is 0 Å². The molecular weight excluding hydrogens is 364 g/mol. The minimum absolute atomic E-state index is 0.131. The molecule has 0 aromatic carbocycles. The van der Waals surface area contributed by atoms with Crippen LogP contribution in [0.1, 0.15) is 38.5 Å². The van der Waals surface area contributed by atoms with Gasteiger partial charge < -0.3 is 9.80 Å². The van der Waals surface area contributed by atoms with Crippen molar-refractivity contribution in [3.05, 3.63) is 24.4 Å². The number of carbonyl (C=O) groups excluding carboxylic acids is 1. The van der Waals surface area contributed by atoms with Crippen molar-refractivity contribution < 1.29 is 13.2 Å². The number of hydrogen-bond acceptors (Lipinski definition) is 5. The Labute approximate surface area is 162 Å². The summed E-state index contributed by atoms with van der Waals surface area (Å²) >= 11 is 0. The maximum absolute atomic E-state index is 12.4. The molecule has 0 aliphatic carbocycles. The number of rotatable bonds is 7. The molecular formula is C19H30N4O3S. The minimum Gasteiger partial charge on any atom is -0.353 e. The van der Waals surface area contributed by atoms with Crippen LogP contribution in [0.4, 0.5) is 5.82 Å². The zero-order valence-corrected chi connectivity index (χ0v) is 16.7. The molecule has 0 bridgehead atoms. The van der Waals surface area contributed by atoms with Gasteiger partial charge in [-0.1, -0.05) is 12.5 Å². The van der Waals surface area contributed by atoms with Crippen molar-refractivity contribution in [3.8, 4) is 0 Å². The fourth-order valence-corrected chi connectivity index (χ4v) is 5.36. The number of hydrogen-bond donors (Lipinski definition) is 0. The van der Waals surface area contributed by atoms with Crippen LogP contribution in [0.5, 0.6) is 0 Å². The van der Waals surface area contributed by atoms with Crippen molar-refractivity contribution in [1.82, 2.24) is 14.2 Å². The van der Waals surface area contributed by atoms with Crippen LogP contribution >= 0.6 is 0 Å². The summed E-state index contributed by atoms with van der Waals surface area (Å²) in [5.74, 6) is 1.24. The number of anilines is 1. The van der Waals surface area contributed by atoms with E-state index in [1.54, 1.807) is 10.5 Å². The molecule has 2 fully saturated rings. The zero-order chi connectivity index (χ0) is 19.1. The second-order valence-electron chi connectivity index (χ2n) is 7.29. The molecule has 0 radical (unpaired) electrons. The van der Waals surface area contributed by atoms with Crippen LogP contribution in [0, 0.1) is 0 Å². The molecule has 0 unspecified atom stereocenters. The van der Waals surface area contributed by atoms with Crippen LogP contribution < -0.4 is 4.90 Å². The zero-order valence-electron chi connectivity index (χ0n) is 15.9. The average molecular weight is 395 g/mol. The van der Waals surface area contributed by atoms with Crippen molar-refractivity contribution in [2.45, 2.75) is 38.5 Å². The van der Waals surface area contributed by atoms with Gasteiger partial charge in [-0.3, -0.25) is 4.79 Å². The van der Waals surface area contributed by atoms with E-state index in [2.05, 4.69) is 9.88 Å². The summed E-state index contributed by atoms with van der Waals surface area (Å²) in [5, 5.41) is 0. The van der Waals surface area contributed by atoms with Gasteiger partial charge in [0.1, 0.15) is 5.82 Å². The van der Waals surface area contributed by atoms with Gasteiger partial charge in [-0.05, 0) is 37.8 Å². The van der Waals surface area contributed by atoms with E-state index in [0.29, 0.717) is 45.4 Å². The van der Waals surface area contributed by atoms with E-state index in [1.165, 1.54) is 0 Å². The SMILES string of the molecule is O=C(CCCCS(=O)(=O)N1CCCCC1)N1CCN(c2ccccn2)CC1. The summed E-state index contributed by atoms with van der Waals surface area (Å²) in [6.45, 7) is 4.27. The van der Waals surface area contributed by atoms with Crippen LogP contribution in [0.25, 0.3) is 0 Å². The summed E-state index contributed by atoms with van der Waals surface area (Å²) in [4.78, 5) is 20.8. The van der Waals surface area contributed by atoms with Crippen LogP contribution in [0.2, 0.25) is 0 Å². The maximum atomic E-state index is 12.4. The average Bonchev–Trinajstić information content (AvgIpc) is 2.72. The molecule has 3 heterocycles. The number of aromatic nitrogens is 1. The Bertz CT molecular complexity index is 697. The number of piperazine rings is 1. The third-order valence-corrected chi connectivity index (χ3v) is 7.31. The van der Waals surface area contributed by atoms with Gasteiger partial charge in [-0.2, -0.15) is 0 Å². The van der Waals surface area contributed by atoms with Crippen molar-refractivity contribution >= 4 is 21.7 Å². The van der Waals surface area contributed by atoms with Gasteiger partial charge in [-0.15, -0.1) is 0 Å². The molecule has 2 saturated heterocycles. The number of piperidine rings is 1. The van der Waals surface area contributed by atoms with Gasteiger partial charge in [0.15, 0.2) is 0 Å². The quantitative estimate of drug-likeness (QED) is 0.659. The molecule has 7 nitrogen and oxygen atoms in total. The van der Waals surface area contributed by atoms with Gasteiger partial charge in [0.05, 0.1) is 5.75 Å². The summed E-state index contributed by atoms with van der Waals surface area (Å²) in [7, 11) is -3.15. The Kier molecular flexibility index (Phi) is 7.07. The standard InChI is InChI=1S/C19H30N4O3S/c24-19(9-3-7-17-27(25,26)23-11-5-1-6-12-23)22-15-13-21(14-16-22)18-8-2-4-10-20-18/h2,4,8,10H,1,3,5-7,9,11-17H2. The first-order chi connectivity index (χ1) is 13.1. The monoisotopic (exact) mass is 394 g/mol. The van der Waals surface area contributed by atoms with E-state index in [9.17, 15) is 13.2 Å². The molecule has 0 atom stereocenters. The summed E-state index contributed by atoms with van der Waals surface area (Å²) in [6, 6.07) is 5.85. The molecule has 2 aliphatic rings. The minimum atomic E-state index is -3.15.